The van der Waals surface area contributed by atoms with E-state index >= 15 is 0 Å². The molecule has 0 aromatic carbocycles. The van der Waals surface area contributed by atoms with Crippen molar-refractivity contribution in [2.24, 2.45) is 5.92 Å². The fourth-order valence-corrected chi connectivity index (χ4v) is 1.73. The van der Waals surface area contributed by atoms with E-state index in [1.165, 1.54) is 0 Å². The van der Waals surface area contributed by atoms with E-state index in [0.717, 1.165) is 23.3 Å². The Hall–Kier alpha value is -1.35. The van der Waals surface area contributed by atoms with Gasteiger partial charge in [-0.25, -0.2) is 4.98 Å². The van der Waals surface area contributed by atoms with Crippen LogP contribution in [0.5, 0.6) is 0 Å². The van der Waals surface area contributed by atoms with Crippen molar-refractivity contribution in [3.63, 3.8) is 0 Å². The Kier molecular flexibility index (Phi) is 2.73. The predicted octanol–water partition coefficient (Wildman–Crippen LogP) is 2.18. The molecule has 2 aromatic heterocycles. The van der Waals surface area contributed by atoms with Gasteiger partial charge in [-0.2, -0.15) is 0 Å². The third-order valence-corrected chi connectivity index (χ3v) is 2.39. The Morgan fingerprint density at radius 3 is 2.80 bits per heavy atom. The topological polar surface area (TPSA) is 38.0 Å². The van der Waals surface area contributed by atoms with Gasteiger partial charge in [0.25, 0.3) is 0 Å². The van der Waals surface area contributed by atoms with Gasteiger partial charge >= 0.3 is 0 Å². The van der Waals surface area contributed by atoms with Crippen LogP contribution in [-0.4, -0.2) is 14.7 Å². The smallest absolute Gasteiger partial charge is 0.140 e. The quantitative estimate of drug-likeness (QED) is 0.832. The Bertz CT molecular complexity index is 460. The summed E-state index contributed by atoms with van der Waals surface area (Å²) in [5.41, 5.74) is 1.70. The molecule has 3 nitrogen and oxygen atoms in total. The maximum Gasteiger partial charge on any atom is 0.140 e. The first-order valence-corrected chi connectivity index (χ1v) is 5.26. The average molecular weight is 204 g/mol. The lowest BCUT2D eigenvalue weighted by Crippen LogP contribution is -2.04. The van der Waals surface area contributed by atoms with Crippen molar-refractivity contribution in [2.75, 3.05) is 0 Å². The van der Waals surface area contributed by atoms with Gasteiger partial charge in [0.1, 0.15) is 5.65 Å². The molecule has 0 spiro atoms. The van der Waals surface area contributed by atoms with Crippen LogP contribution in [0, 0.1) is 5.92 Å². The zero-order valence-corrected chi connectivity index (χ0v) is 9.14. The van der Waals surface area contributed by atoms with E-state index < -0.39 is 0 Å². The van der Waals surface area contributed by atoms with Gasteiger partial charge in [-0.05, 0) is 24.1 Å². The maximum absolute atomic E-state index is 9.04. The van der Waals surface area contributed by atoms with Gasteiger partial charge in [-0.3, -0.25) is 0 Å². The second-order valence-electron chi connectivity index (χ2n) is 4.24. The molecule has 80 valence electrons. The molecule has 0 fully saturated rings. The summed E-state index contributed by atoms with van der Waals surface area (Å²) in [6.45, 7) is 5.33. The monoisotopic (exact) mass is 204 g/mol. The second kappa shape index (κ2) is 4.03. The molecule has 2 aromatic rings. The maximum atomic E-state index is 9.04. The SMILES string of the molecule is CC(C)Cn1ccc2ccc(CO)nc21. The summed E-state index contributed by atoms with van der Waals surface area (Å²) in [5, 5.41) is 10.2. The molecular formula is C12H16N2O. The summed E-state index contributed by atoms with van der Waals surface area (Å²) in [5.74, 6) is 0.597. The van der Waals surface area contributed by atoms with Crippen LogP contribution >= 0.6 is 0 Å². The van der Waals surface area contributed by atoms with E-state index in [0.29, 0.717) is 5.92 Å². The molecule has 0 saturated carbocycles. The average Bonchev–Trinajstić information content (AvgIpc) is 2.60. The van der Waals surface area contributed by atoms with Crippen LogP contribution in [0.2, 0.25) is 0 Å². The zero-order chi connectivity index (χ0) is 10.8. The first kappa shape index (κ1) is 10.2. The Morgan fingerprint density at radius 2 is 2.13 bits per heavy atom. The summed E-state index contributed by atoms with van der Waals surface area (Å²) in [4.78, 5) is 4.42. The predicted molar refractivity (Wildman–Crippen MR) is 60.5 cm³/mol. The van der Waals surface area contributed by atoms with E-state index in [1.807, 2.05) is 12.1 Å². The van der Waals surface area contributed by atoms with Crippen LogP contribution in [-0.2, 0) is 13.2 Å². The molecule has 0 bridgehead atoms. The van der Waals surface area contributed by atoms with Crippen molar-refractivity contribution in [3.05, 3.63) is 30.1 Å². The molecule has 0 aliphatic carbocycles. The van der Waals surface area contributed by atoms with E-state index in [9.17, 15) is 0 Å². The lowest BCUT2D eigenvalue weighted by molar-refractivity contribution is 0.277. The second-order valence-corrected chi connectivity index (χ2v) is 4.24. The Morgan fingerprint density at radius 1 is 1.33 bits per heavy atom. The molecule has 0 unspecified atom stereocenters. The molecule has 0 aliphatic rings. The van der Waals surface area contributed by atoms with E-state index in [4.69, 9.17) is 5.11 Å². The molecule has 15 heavy (non-hydrogen) atoms. The highest BCUT2D eigenvalue weighted by Crippen LogP contribution is 2.15. The highest BCUT2D eigenvalue weighted by molar-refractivity contribution is 5.76. The number of rotatable bonds is 3. The van der Waals surface area contributed by atoms with Crippen LogP contribution in [0.25, 0.3) is 11.0 Å². The van der Waals surface area contributed by atoms with E-state index in [-0.39, 0.29) is 6.61 Å². The van der Waals surface area contributed by atoms with Crippen molar-refractivity contribution in [2.45, 2.75) is 27.0 Å². The molecule has 0 radical (unpaired) electrons. The van der Waals surface area contributed by atoms with Gasteiger partial charge in [-0.15, -0.1) is 0 Å². The van der Waals surface area contributed by atoms with Crippen LogP contribution in [0.4, 0.5) is 0 Å². The Labute approximate surface area is 89.4 Å². The number of hydrogen-bond acceptors (Lipinski definition) is 2. The largest absolute Gasteiger partial charge is 0.390 e. The standard InChI is InChI=1S/C12H16N2O/c1-9(2)7-14-6-5-10-3-4-11(8-15)13-12(10)14/h3-6,9,15H,7-8H2,1-2H3. The normalized spacial score (nSPS) is 11.5. The first-order valence-electron chi connectivity index (χ1n) is 5.26. The van der Waals surface area contributed by atoms with Crippen molar-refractivity contribution in [1.82, 2.24) is 9.55 Å². The van der Waals surface area contributed by atoms with Crippen molar-refractivity contribution >= 4 is 11.0 Å². The summed E-state index contributed by atoms with van der Waals surface area (Å²) < 4.78 is 2.14. The Balaban J connectivity index is 2.46. The fraction of sp³-hybridized carbons (Fsp3) is 0.417. The van der Waals surface area contributed by atoms with Crippen LogP contribution < -0.4 is 0 Å². The first-order chi connectivity index (χ1) is 7.20. The number of hydrogen-bond donors (Lipinski definition) is 1. The molecule has 2 rings (SSSR count). The molecular weight excluding hydrogens is 188 g/mol. The van der Waals surface area contributed by atoms with Crippen molar-refractivity contribution < 1.29 is 5.11 Å². The van der Waals surface area contributed by atoms with Gasteiger partial charge in [-0.1, -0.05) is 13.8 Å². The minimum absolute atomic E-state index is 0.00278. The van der Waals surface area contributed by atoms with Crippen LogP contribution in [0.1, 0.15) is 19.5 Å². The van der Waals surface area contributed by atoms with Gasteiger partial charge in [0.2, 0.25) is 0 Å². The molecule has 0 amide bonds. The van der Waals surface area contributed by atoms with Crippen LogP contribution in [0.3, 0.4) is 0 Å². The van der Waals surface area contributed by atoms with Gasteiger partial charge < -0.3 is 9.67 Å². The van der Waals surface area contributed by atoms with E-state index in [1.54, 1.807) is 0 Å². The molecule has 0 saturated heterocycles. The number of pyridine rings is 1. The highest BCUT2D eigenvalue weighted by atomic mass is 16.3. The third kappa shape index (κ3) is 2.02. The fourth-order valence-electron chi connectivity index (χ4n) is 1.73. The molecule has 0 atom stereocenters. The van der Waals surface area contributed by atoms with Crippen molar-refractivity contribution in [1.29, 1.82) is 0 Å². The van der Waals surface area contributed by atoms with Gasteiger partial charge in [0.15, 0.2) is 0 Å². The van der Waals surface area contributed by atoms with Crippen LogP contribution in [0.15, 0.2) is 24.4 Å². The van der Waals surface area contributed by atoms with Gasteiger partial charge in [0.05, 0.1) is 12.3 Å². The van der Waals surface area contributed by atoms with Crippen molar-refractivity contribution in [3.8, 4) is 0 Å². The third-order valence-electron chi connectivity index (χ3n) is 2.39. The molecule has 3 heteroatoms. The number of aromatic nitrogens is 2. The summed E-state index contributed by atoms with van der Waals surface area (Å²) in [6, 6.07) is 5.93. The highest BCUT2D eigenvalue weighted by Gasteiger charge is 2.04. The summed E-state index contributed by atoms with van der Waals surface area (Å²) in [7, 11) is 0. The summed E-state index contributed by atoms with van der Waals surface area (Å²) >= 11 is 0. The number of aliphatic hydroxyl groups is 1. The number of aliphatic hydroxyl groups excluding tert-OH is 1. The minimum Gasteiger partial charge on any atom is -0.390 e. The number of nitrogens with zero attached hydrogens (tertiary/aromatic N) is 2. The lowest BCUT2D eigenvalue weighted by Gasteiger charge is -2.07. The minimum atomic E-state index is 0.00278. The molecule has 0 aliphatic heterocycles. The zero-order valence-electron chi connectivity index (χ0n) is 9.14. The molecule has 1 N–H and O–H groups in total. The summed E-state index contributed by atoms with van der Waals surface area (Å²) in [6.07, 6.45) is 2.05. The number of fused-ring (bicyclic) bond motifs is 1. The lowest BCUT2D eigenvalue weighted by atomic mass is 10.2. The van der Waals surface area contributed by atoms with Gasteiger partial charge in [0, 0.05) is 18.1 Å². The van der Waals surface area contributed by atoms with E-state index in [2.05, 4.69) is 35.7 Å². The molecule has 2 heterocycles.